The summed E-state index contributed by atoms with van der Waals surface area (Å²) < 4.78 is 41.8. The molecule has 0 aliphatic carbocycles. The Morgan fingerprint density at radius 1 is 0.500 bits per heavy atom. The summed E-state index contributed by atoms with van der Waals surface area (Å²) in [6.45, 7) is 33.5. The first-order chi connectivity index (χ1) is 54.9. The van der Waals surface area contributed by atoms with Crippen molar-refractivity contribution >= 4 is 77.5 Å². The Balaban J connectivity index is 0.000000345. The number of likely N-dealkylation sites (N-methyl/N-ethyl adjacent to an activating group) is 3. The van der Waals surface area contributed by atoms with Crippen LogP contribution in [0.2, 0.25) is 5.28 Å². The topological polar surface area (TPSA) is 401 Å². The van der Waals surface area contributed by atoms with Crippen LogP contribution in [0.5, 0.6) is 0 Å². The summed E-state index contributed by atoms with van der Waals surface area (Å²) in [7, 11) is 11.3. The molecule has 0 unspecified atom stereocenters. The van der Waals surface area contributed by atoms with E-state index in [9.17, 15) is 33.2 Å². The number of anilines is 5. The van der Waals surface area contributed by atoms with Crippen molar-refractivity contribution in [3.8, 4) is 0 Å². The molecule has 0 bridgehead atoms. The van der Waals surface area contributed by atoms with Crippen molar-refractivity contribution in [2.75, 3.05) is 185 Å². The van der Waals surface area contributed by atoms with Gasteiger partial charge in [0.1, 0.15) is 16.8 Å². The molecule has 118 heavy (non-hydrogen) atoms. The van der Waals surface area contributed by atoms with Crippen LogP contribution in [0.3, 0.4) is 0 Å². The largest absolute Gasteiger partial charge is 1.00 e. The van der Waals surface area contributed by atoms with Crippen molar-refractivity contribution in [2.24, 2.45) is 0 Å². The van der Waals surface area contributed by atoms with E-state index in [0.29, 0.717) is 146 Å². The van der Waals surface area contributed by atoms with E-state index in [4.69, 9.17) is 56.7 Å². The van der Waals surface area contributed by atoms with E-state index in [1.54, 1.807) is 28.5 Å². The van der Waals surface area contributed by atoms with Crippen LogP contribution < -0.4 is 78.2 Å². The van der Waals surface area contributed by atoms with Gasteiger partial charge < -0.3 is 94.9 Å². The minimum atomic E-state index is -1.05. The van der Waals surface area contributed by atoms with Gasteiger partial charge in [-0.2, -0.15) is 0 Å². The van der Waals surface area contributed by atoms with Crippen LogP contribution in [0.15, 0.2) is 55.8 Å². The summed E-state index contributed by atoms with van der Waals surface area (Å²) >= 11 is 5.42. The number of halogens is 2. The molecule has 41 heteroatoms. The number of alkyl halides is 1. The van der Waals surface area contributed by atoms with Gasteiger partial charge in [0.05, 0.1) is 87.2 Å². The van der Waals surface area contributed by atoms with Crippen molar-refractivity contribution in [3.05, 3.63) is 112 Å². The quantitative estimate of drug-likeness (QED) is 0.0575. The maximum Gasteiger partial charge on any atom is 1.00 e. The van der Waals surface area contributed by atoms with Gasteiger partial charge in [0.2, 0.25) is 35.0 Å². The molecule has 0 saturated carbocycles. The van der Waals surface area contributed by atoms with Gasteiger partial charge in [-0.15, -0.1) is 0 Å². The molecule has 0 spiro atoms. The summed E-state index contributed by atoms with van der Waals surface area (Å²) in [6, 6.07) is 0.567. The third kappa shape index (κ3) is 30.2. The van der Waals surface area contributed by atoms with Crippen LogP contribution >= 0.6 is 11.6 Å². The third-order valence-corrected chi connectivity index (χ3v) is 18.4. The monoisotopic (exact) mass is 1670 g/mol. The molecule has 0 aromatic carbocycles. The summed E-state index contributed by atoms with van der Waals surface area (Å²) in [5.74, 6) is 1.35. The van der Waals surface area contributed by atoms with Crippen molar-refractivity contribution in [2.45, 2.75) is 150 Å². The fourth-order valence-electron chi connectivity index (χ4n) is 13.1. The van der Waals surface area contributed by atoms with Gasteiger partial charge in [0.25, 0.3) is 0 Å². The van der Waals surface area contributed by atoms with Crippen LogP contribution in [0.4, 0.5) is 48.5 Å². The van der Waals surface area contributed by atoms with Crippen LogP contribution in [0, 0.1) is 0 Å². The molecule has 0 radical (unpaired) electrons. The van der Waals surface area contributed by atoms with Crippen LogP contribution in [-0.4, -0.2) is 332 Å². The average molecular weight is 1670 g/mol. The fourth-order valence-corrected chi connectivity index (χ4v) is 13.2. The molecular formula is C77H116ClFLiN24NaO13. The molecular weight excluding hydrogens is 1550 g/mol. The van der Waals surface area contributed by atoms with Crippen molar-refractivity contribution in [3.63, 3.8) is 0 Å². The zero-order valence-electron chi connectivity index (χ0n) is 73.8. The summed E-state index contributed by atoms with van der Waals surface area (Å²) in [5.41, 5.74) is 5.03. The minimum absolute atomic E-state index is 0. The van der Waals surface area contributed by atoms with Gasteiger partial charge in [-0.1, -0.05) is 0 Å². The first kappa shape index (κ1) is 98.1. The number of ether oxygens (including phenoxy) is 5. The summed E-state index contributed by atoms with van der Waals surface area (Å²) in [4.78, 5) is 147. The third-order valence-electron chi connectivity index (χ3n) is 18.2. The van der Waals surface area contributed by atoms with Gasteiger partial charge in [-0.25, -0.2) is 88.6 Å². The zero-order chi connectivity index (χ0) is 84.8. The van der Waals surface area contributed by atoms with E-state index in [1.807, 2.05) is 109 Å². The smallest absolute Gasteiger partial charge is 1.00 e. The van der Waals surface area contributed by atoms with Crippen LogP contribution in [-0.2, 0) is 62.6 Å². The Bertz CT molecular complexity index is 4250. The van der Waals surface area contributed by atoms with E-state index in [-0.39, 0.29) is 96.5 Å². The van der Waals surface area contributed by atoms with Crippen LogP contribution in [0.1, 0.15) is 144 Å². The van der Waals surface area contributed by atoms with E-state index in [2.05, 4.69) is 103 Å². The number of aromatic nitrogens is 12. The first-order valence-corrected chi connectivity index (χ1v) is 38.8. The predicted octanol–water partition coefficient (Wildman–Crippen LogP) is 0.454. The molecule has 6 aromatic heterocycles. The van der Waals surface area contributed by atoms with Crippen molar-refractivity contribution < 1.29 is 119 Å². The Morgan fingerprint density at radius 2 is 0.814 bits per heavy atom. The summed E-state index contributed by atoms with van der Waals surface area (Å²) in [5, 5.41) is 12.8. The fraction of sp³-hybridized carbons (Fsp3) is 0.610. The van der Waals surface area contributed by atoms with Gasteiger partial charge in [-0.3, -0.25) is 4.39 Å². The number of carboxylic acids is 1. The van der Waals surface area contributed by atoms with E-state index >= 15 is 0 Å². The number of rotatable bonds is 16. The number of hydrogen-bond donors (Lipinski definition) is 2. The number of carbonyl (C=O) groups is 6. The Morgan fingerprint density at radius 3 is 1.13 bits per heavy atom. The van der Waals surface area contributed by atoms with Gasteiger partial charge in [-0.05, 0) is 130 Å². The number of aromatic carboxylic acids is 1. The number of nitrogens with zero attached hydrogens (tertiary/aromatic N) is 23. The molecule has 12 rings (SSSR count). The molecule has 6 aliphatic rings. The number of piperazine rings is 3. The Labute approximate surface area is 732 Å². The number of carboxylic acid groups (broad SMARTS) is 1. The number of carbonyl (C=O) groups excluding carboxylic acids is 5. The maximum absolute atomic E-state index is 12.5. The number of nitrogens with one attached hydrogen (secondary N) is 1. The maximum atomic E-state index is 12.5. The van der Waals surface area contributed by atoms with Crippen LogP contribution in [0.25, 0.3) is 0 Å². The van der Waals surface area contributed by atoms with Crippen molar-refractivity contribution in [1.82, 2.24) is 94.5 Å². The second-order valence-corrected chi connectivity index (χ2v) is 32.2. The Kier molecular flexibility index (Phi) is 38.4. The van der Waals surface area contributed by atoms with Gasteiger partial charge in [0.15, 0.2) is 0 Å². The molecule has 3 fully saturated rings. The molecule has 3 N–H and O–H groups in total. The molecule has 638 valence electrons. The normalized spacial score (nSPS) is 17.2. The van der Waals surface area contributed by atoms with E-state index in [0.717, 1.165) is 85.4 Å². The predicted molar refractivity (Wildman–Crippen MR) is 434 cm³/mol. The zero-order valence-corrected chi connectivity index (χ0v) is 74.6. The Hall–Kier alpha value is -8.68. The number of esters is 2. The minimum Gasteiger partial charge on any atom is -1.00 e. The van der Waals surface area contributed by atoms with E-state index < -0.39 is 41.9 Å². The standard InChI is InChI=1S/C26H38N8O4.C24H34N8O4.C19H32N6O2.C7H7ClN2O2.CH3F.Li.Na.H2O.H/c1-7-37-22(35)18-12-27-23(28-13-18)34-11-10-32(17-20(34)16-31(5)6)24-29-14-19-15-33(9-8-21(19)30-24)25(36)38-26(2,3)4;1-24(2,3)36-23(35)31-7-6-19-17(13-31)12-27-22(28-19)30-8-9-32(18(15-30)14-29(4)5)21-25-10-16(11-26-21)20(33)34;1-19(2,3)27-18(26)25-8-6-16-14(11-25)10-21-17(22-16)24-9-7-20-15(13-24)12-23(4)5;1-2-12-6(11)5-3-9-7(8)10-4-5;1-2;;;;/h12-14,20H,7-11,15-17H2,1-6H3;10-12,18H,6-9,13-15H2,1-5H3,(H,33,34);10,15,20H,6-9,11-13H2,1-5H3;3-4H,2H2,1H3;1H3;;;1H2;/q;;;;;2*+1;;-1/p-1/t20-;18-;15-;;;;;;/m000....../s1/i;;;;1D;;;;. The SMILES string of the molecule is CCOC(=O)c1cnc(Cl)nc1.CCOC(=O)c1cnc(N2CCN(c3ncc4c(n3)CCN(C(=O)OC(C)(C)C)C4)C[C@@H]2CN(C)C)nc1.CN(C)C[C@H]1CN(c2ncc3c(n2)CCN(C(=O)OC(C)(C)C)C3)CCN1.CN(C)C[C@H]1CN(c2ncc3c(n2)CCN(C(=O)OC(C)(C)C)C3)CCN1c1ncc(C(=O)O)cn1.[2H]CF.[H-].[Li+].[Na+].[OH-]. The average Bonchev–Trinajstić information content (AvgIpc) is 0.798. The van der Waals surface area contributed by atoms with Gasteiger partial charge >= 0.3 is 84.6 Å². The van der Waals surface area contributed by atoms with Crippen molar-refractivity contribution in [1.29, 1.82) is 0 Å². The molecule has 12 heterocycles. The molecule has 3 atom stereocenters. The number of fused-ring (bicyclic) bond motifs is 3. The molecule has 3 amide bonds. The second-order valence-electron chi connectivity index (χ2n) is 31.9. The molecule has 6 aromatic rings. The number of amides is 3. The molecule has 3 saturated heterocycles. The number of hydrogen-bond acceptors (Lipinski definition) is 33. The molecule has 37 nitrogen and oxygen atoms in total. The van der Waals surface area contributed by atoms with E-state index in [1.165, 1.54) is 37.2 Å². The summed E-state index contributed by atoms with van der Waals surface area (Å²) in [6.07, 6.45) is 15.0. The van der Waals surface area contributed by atoms with Gasteiger partial charge in [0, 0.05) is 196 Å². The first-order valence-electron chi connectivity index (χ1n) is 39.1. The molecule has 6 aliphatic heterocycles. The second kappa shape index (κ2) is 46.2.